The van der Waals surface area contributed by atoms with E-state index < -0.39 is 0 Å². The number of fused-ring (bicyclic) bond motifs is 1. The average Bonchev–Trinajstić information content (AvgIpc) is 2.97. The first-order chi connectivity index (χ1) is 8.24. The third-order valence-electron chi connectivity index (χ3n) is 3.69. The van der Waals surface area contributed by atoms with Crippen LogP contribution in [-0.2, 0) is 11.2 Å². The van der Waals surface area contributed by atoms with Gasteiger partial charge in [0.25, 0.3) is 0 Å². The van der Waals surface area contributed by atoms with Crippen LogP contribution in [0.25, 0.3) is 0 Å². The van der Waals surface area contributed by atoms with Gasteiger partial charge in [-0.15, -0.1) is 11.3 Å². The number of rotatable bonds is 3. The van der Waals surface area contributed by atoms with E-state index >= 15 is 0 Å². The van der Waals surface area contributed by atoms with Gasteiger partial charge in [-0.05, 0) is 43.2 Å². The fourth-order valence-corrected chi connectivity index (χ4v) is 3.43. The largest absolute Gasteiger partial charge is 0.352 e. The molecule has 0 radical (unpaired) electrons. The van der Waals surface area contributed by atoms with Gasteiger partial charge in [0, 0.05) is 23.5 Å². The highest BCUT2D eigenvalue weighted by atomic mass is 32.1. The quantitative estimate of drug-likeness (QED) is 0.889. The Morgan fingerprint density at radius 2 is 2.41 bits per heavy atom. The zero-order chi connectivity index (χ0) is 11.8. The van der Waals surface area contributed by atoms with Gasteiger partial charge in [0.15, 0.2) is 0 Å². The van der Waals surface area contributed by atoms with Gasteiger partial charge >= 0.3 is 0 Å². The summed E-state index contributed by atoms with van der Waals surface area (Å²) >= 11 is 1.84. The van der Waals surface area contributed by atoms with Crippen LogP contribution in [0, 0.1) is 0 Å². The number of thiophene rings is 1. The standard InChI is InChI=1S/C13H18N2OS/c1-9-11-5-7-17-12(11)4-6-15(9)8-13(16)14-10-2-3-10/h5,7,9-10H,2-4,6,8H2,1H3,(H,14,16)/t9-/m0/s1. The molecule has 4 heteroatoms. The van der Waals surface area contributed by atoms with Gasteiger partial charge in [-0.2, -0.15) is 0 Å². The highest BCUT2D eigenvalue weighted by molar-refractivity contribution is 7.10. The van der Waals surface area contributed by atoms with Gasteiger partial charge in [-0.1, -0.05) is 0 Å². The number of hydrogen-bond donors (Lipinski definition) is 1. The molecule has 3 rings (SSSR count). The van der Waals surface area contributed by atoms with Crippen LogP contribution in [0.4, 0.5) is 0 Å². The van der Waals surface area contributed by atoms with E-state index in [1.54, 1.807) is 0 Å². The number of amides is 1. The Hall–Kier alpha value is -0.870. The Morgan fingerprint density at radius 1 is 1.59 bits per heavy atom. The van der Waals surface area contributed by atoms with Crippen molar-refractivity contribution in [1.29, 1.82) is 0 Å². The average molecular weight is 250 g/mol. The molecule has 1 aliphatic carbocycles. The molecule has 0 bridgehead atoms. The Balaban J connectivity index is 1.62. The Labute approximate surface area is 106 Å². The predicted octanol–water partition coefficient (Wildman–Crippen LogP) is 1.95. The first-order valence-electron chi connectivity index (χ1n) is 6.33. The second kappa shape index (κ2) is 4.42. The molecule has 17 heavy (non-hydrogen) atoms. The van der Waals surface area contributed by atoms with Gasteiger partial charge in [0.2, 0.25) is 5.91 Å². The van der Waals surface area contributed by atoms with Crippen molar-refractivity contribution in [3.63, 3.8) is 0 Å². The van der Waals surface area contributed by atoms with E-state index in [0.29, 0.717) is 18.6 Å². The molecule has 1 fully saturated rings. The molecule has 2 aliphatic rings. The second-order valence-electron chi connectivity index (χ2n) is 5.04. The smallest absolute Gasteiger partial charge is 0.234 e. The van der Waals surface area contributed by atoms with Crippen LogP contribution >= 0.6 is 11.3 Å². The van der Waals surface area contributed by atoms with Crippen molar-refractivity contribution in [3.05, 3.63) is 21.9 Å². The predicted molar refractivity (Wildman–Crippen MR) is 69.2 cm³/mol. The molecule has 0 aromatic carbocycles. The van der Waals surface area contributed by atoms with E-state index in [1.165, 1.54) is 10.4 Å². The molecule has 0 unspecified atom stereocenters. The van der Waals surface area contributed by atoms with Gasteiger partial charge in [-0.3, -0.25) is 9.69 Å². The minimum absolute atomic E-state index is 0.193. The maximum atomic E-state index is 11.8. The maximum Gasteiger partial charge on any atom is 0.234 e. The normalized spacial score (nSPS) is 24.4. The van der Waals surface area contributed by atoms with Crippen molar-refractivity contribution < 1.29 is 4.79 Å². The lowest BCUT2D eigenvalue weighted by molar-refractivity contribution is -0.123. The minimum Gasteiger partial charge on any atom is -0.352 e. The molecule has 1 saturated carbocycles. The summed E-state index contributed by atoms with van der Waals surface area (Å²) in [5.41, 5.74) is 1.42. The molecular formula is C13H18N2OS. The summed E-state index contributed by atoms with van der Waals surface area (Å²) in [7, 11) is 0. The summed E-state index contributed by atoms with van der Waals surface area (Å²) in [5, 5.41) is 5.22. The monoisotopic (exact) mass is 250 g/mol. The van der Waals surface area contributed by atoms with Gasteiger partial charge in [0.05, 0.1) is 6.54 Å². The molecule has 2 heterocycles. The zero-order valence-corrected chi connectivity index (χ0v) is 10.9. The number of hydrogen-bond acceptors (Lipinski definition) is 3. The first-order valence-corrected chi connectivity index (χ1v) is 7.21. The van der Waals surface area contributed by atoms with Crippen molar-refractivity contribution in [3.8, 4) is 0 Å². The Bertz CT molecular complexity index is 425. The second-order valence-corrected chi connectivity index (χ2v) is 6.04. The van der Waals surface area contributed by atoms with Crippen molar-refractivity contribution in [2.75, 3.05) is 13.1 Å². The zero-order valence-electron chi connectivity index (χ0n) is 10.1. The van der Waals surface area contributed by atoms with Crippen molar-refractivity contribution >= 4 is 17.2 Å². The fraction of sp³-hybridized carbons (Fsp3) is 0.615. The summed E-state index contributed by atoms with van der Waals surface area (Å²) in [6, 6.07) is 3.06. The molecule has 0 saturated heterocycles. The van der Waals surface area contributed by atoms with Gasteiger partial charge < -0.3 is 5.32 Å². The van der Waals surface area contributed by atoms with E-state index in [0.717, 1.165) is 25.8 Å². The van der Waals surface area contributed by atoms with Crippen LogP contribution in [0.5, 0.6) is 0 Å². The summed E-state index contributed by atoms with van der Waals surface area (Å²) in [5.74, 6) is 0.193. The van der Waals surface area contributed by atoms with Crippen LogP contribution in [-0.4, -0.2) is 29.9 Å². The van der Waals surface area contributed by atoms with E-state index in [2.05, 4.69) is 28.6 Å². The highest BCUT2D eigenvalue weighted by Gasteiger charge is 2.28. The number of carbonyl (C=O) groups is 1. The SMILES string of the molecule is C[C@H]1c2ccsc2CCN1CC(=O)NC1CC1. The third-order valence-corrected chi connectivity index (χ3v) is 4.69. The number of nitrogens with zero attached hydrogens (tertiary/aromatic N) is 1. The van der Waals surface area contributed by atoms with E-state index in [4.69, 9.17) is 0 Å². The lowest BCUT2D eigenvalue weighted by Crippen LogP contribution is -2.42. The van der Waals surface area contributed by atoms with Crippen LogP contribution in [0.3, 0.4) is 0 Å². The molecule has 0 spiro atoms. The van der Waals surface area contributed by atoms with E-state index in [-0.39, 0.29) is 5.91 Å². The van der Waals surface area contributed by atoms with Gasteiger partial charge in [0.1, 0.15) is 0 Å². The summed E-state index contributed by atoms with van der Waals surface area (Å²) in [4.78, 5) is 15.6. The molecule has 3 nitrogen and oxygen atoms in total. The fourth-order valence-electron chi connectivity index (χ4n) is 2.46. The molecule has 92 valence electrons. The molecule has 1 N–H and O–H groups in total. The maximum absolute atomic E-state index is 11.8. The minimum atomic E-state index is 0.193. The summed E-state index contributed by atoms with van der Waals surface area (Å²) in [6.07, 6.45) is 3.42. The molecular weight excluding hydrogens is 232 g/mol. The van der Waals surface area contributed by atoms with Crippen LogP contribution in [0.1, 0.15) is 36.2 Å². The van der Waals surface area contributed by atoms with Crippen LogP contribution < -0.4 is 5.32 Å². The number of nitrogens with one attached hydrogen (secondary N) is 1. The van der Waals surface area contributed by atoms with E-state index in [1.807, 2.05) is 11.3 Å². The first kappa shape index (κ1) is 11.2. The summed E-state index contributed by atoms with van der Waals surface area (Å²) < 4.78 is 0. The number of carbonyl (C=O) groups excluding carboxylic acids is 1. The third kappa shape index (κ3) is 2.38. The van der Waals surface area contributed by atoms with Gasteiger partial charge in [-0.25, -0.2) is 0 Å². The van der Waals surface area contributed by atoms with Crippen molar-refractivity contribution in [2.45, 2.75) is 38.3 Å². The molecule has 1 atom stereocenters. The molecule has 1 aromatic rings. The van der Waals surface area contributed by atoms with Crippen molar-refractivity contribution in [2.24, 2.45) is 0 Å². The van der Waals surface area contributed by atoms with Crippen LogP contribution in [0.2, 0.25) is 0 Å². The topological polar surface area (TPSA) is 32.3 Å². The summed E-state index contributed by atoms with van der Waals surface area (Å²) in [6.45, 7) is 3.76. The lowest BCUT2D eigenvalue weighted by atomic mass is 10.0. The Morgan fingerprint density at radius 3 is 3.18 bits per heavy atom. The highest BCUT2D eigenvalue weighted by Crippen LogP contribution is 2.32. The Kier molecular flexibility index (Phi) is 2.92. The van der Waals surface area contributed by atoms with Crippen LogP contribution in [0.15, 0.2) is 11.4 Å². The molecule has 1 aromatic heterocycles. The molecule has 1 amide bonds. The van der Waals surface area contributed by atoms with Crippen molar-refractivity contribution in [1.82, 2.24) is 10.2 Å². The lowest BCUT2D eigenvalue weighted by Gasteiger charge is -2.32. The van der Waals surface area contributed by atoms with E-state index in [9.17, 15) is 4.79 Å². The molecule has 1 aliphatic heterocycles.